The Morgan fingerprint density at radius 3 is 2.83 bits per heavy atom. The predicted molar refractivity (Wildman–Crippen MR) is 49.8 cm³/mol. The number of hydrogen-bond donors (Lipinski definition) is 0. The lowest BCUT2D eigenvalue weighted by Gasteiger charge is -2.13. The zero-order chi connectivity index (χ0) is 8.23. The molecule has 2 rings (SSSR count). The van der Waals surface area contributed by atoms with Gasteiger partial charge in [-0.25, -0.2) is 0 Å². The van der Waals surface area contributed by atoms with Crippen LogP contribution in [-0.2, 0) is 6.54 Å². The van der Waals surface area contributed by atoms with Gasteiger partial charge in [-0.15, -0.1) is 0 Å². The third-order valence-corrected chi connectivity index (χ3v) is 2.38. The molecule has 1 heteroatoms. The molecule has 1 nitrogen and oxygen atoms in total. The molecule has 1 aliphatic rings. The van der Waals surface area contributed by atoms with Gasteiger partial charge in [-0.3, -0.25) is 4.90 Å². The summed E-state index contributed by atoms with van der Waals surface area (Å²) in [5, 5.41) is 0. The van der Waals surface area contributed by atoms with Gasteiger partial charge in [0, 0.05) is 6.54 Å². The molecule has 1 aromatic rings. The molecule has 0 unspecified atom stereocenters. The molecule has 0 bridgehead atoms. The fourth-order valence-electron chi connectivity index (χ4n) is 1.73. The molecule has 0 atom stereocenters. The van der Waals surface area contributed by atoms with Crippen molar-refractivity contribution in [1.82, 2.24) is 4.90 Å². The van der Waals surface area contributed by atoms with E-state index in [4.69, 9.17) is 0 Å². The molecule has 0 spiro atoms. The first-order chi connectivity index (χ1) is 5.95. The van der Waals surface area contributed by atoms with Gasteiger partial charge in [0.25, 0.3) is 0 Å². The molecule has 0 aromatic heterocycles. The zero-order valence-electron chi connectivity index (χ0n) is 7.29. The SMILES string of the molecule is [c]1cccc(CN2CCCC2)c1. The van der Waals surface area contributed by atoms with Crippen molar-refractivity contribution in [1.29, 1.82) is 0 Å². The average molecular weight is 160 g/mol. The van der Waals surface area contributed by atoms with Crippen LogP contribution in [0.3, 0.4) is 0 Å². The van der Waals surface area contributed by atoms with E-state index in [1.807, 2.05) is 6.07 Å². The van der Waals surface area contributed by atoms with Crippen molar-refractivity contribution in [3.63, 3.8) is 0 Å². The Morgan fingerprint density at radius 2 is 2.17 bits per heavy atom. The normalized spacial score (nSPS) is 18.3. The zero-order valence-corrected chi connectivity index (χ0v) is 7.29. The molecule has 1 saturated heterocycles. The highest BCUT2D eigenvalue weighted by Gasteiger charge is 2.10. The van der Waals surface area contributed by atoms with Crippen LogP contribution in [0.2, 0.25) is 0 Å². The molecule has 1 fully saturated rings. The summed E-state index contributed by atoms with van der Waals surface area (Å²) in [6.07, 6.45) is 2.74. The molecule has 0 aliphatic carbocycles. The van der Waals surface area contributed by atoms with Crippen molar-refractivity contribution in [3.8, 4) is 0 Å². The summed E-state index contributed by atoms with van der Waals surface area (Å²) in [5.41, 5.74) is 1.39. The van der Waals surface area contributed by atoms with Crippen molar-refractivity contribution < 1.29 is 0 Å². The summed E-state index contributed by atoms with van der Waals surface area (Å²) in [4.78, 5) is 2.50. The van der Waals surface area contributed by atoms with Gasteiger partial charge in [-0.05, 0) is 43.6 Å². The minimum atomic E-state index is 1.11. The third kappa shape index (κ3) is 1.86. The highest BCUT2D eigenvalue weighted by atomic mass is 15.1. The van der Waals surface area contributed by atoms with Gasteiger partial charge in [0.2, 0.25) is 0 Å². The first-order valence-electron chi connectivity index (χ1n) is 4.62. The van der Waals surface area contributed by atoms with Crippen LogP contribution in [0.1, 0.15) is 18.4 Å². The molecular formula is C11H14N. The first kappa shape index (κ1) is 7.81. The van der Waals surface area contributed by atoms with Crippen molar-refractivity contribution in [2.45, 2.75) is 19.4 Å². The smallest absolute Gasteiger partial charge is 0.0233 e. The van der Waals surface area contributed by atoms with Gasteiger partial charge < -0.3 is 0 Å². The summed E-state index contributed by atoms with van der Waals surface area (Å²) in [6.45, 7) is 3.65. The Morgan fingerprint density at radius 1 is 1.33 bits per heavy atom. The van der Waals surface area contributed by atoms with E-state index in [-0.39, 0.29) is 0 Å². The summed E-state index contributed by atoms with van der Waals surface area (Å²) in [7, 11) is 0. The summed E-state index contributed by atoms with van der Waals surface area (Å²) in [6, 6.07) is 11.4. The van der Waals surface area contributed by atoms with Crippen molar-refractivity contribution in [2.75, 3.05) is 13.1 Å². The summed E-state index contributed by atoms with van der Waals surface area (Å²) < 4.78 is 0. The Hall–Kier alpha value is -0.820. The van der Waals surface area contributed by atoms with Crippen LogP contribution in [-0.4, -0.2) is 18.0 Å². The van der Waals surface area contributed by atoms with Crippen LogP contribution in [0, 0.1) is 6.07 Å². The fraction of sp³-hybridized carbons (Fsp3) is 0.455. The van der Waals surface area contributed by atoms with E-state index in [1.54, 1.807) is 0 Å². The topological polar surface area (TPSA) is 3.24 Å². The number of benzene rings is 1. The summed E-state index contributed by atoms with van der Waals surface area (Å²) in [5.74, 6) is 0. The van der Waals surface area contributed by atoms with Crippen LogP contribution >= 0.6 is 0 Å². The first-order valence-corrected chi connectivity index (χ1v) is 4.62. The quantitative estimate of drug-likeness (QED) is 0.640. The Labute approximate surface area is 74.0 Å². The molecular weight excluding hydrogens is 146 g/mol. The lowest BCUT2D eigenvalue weighted by Crippen LogP contribution is -2.18. The Kier molecular flexibility index (Phi) is 2.42. The molecule has 12 heavy (non-hydrogen) atoms. The molecule has 1 aliphatic heterocycles. The second kappa shape index (κ2) is 3.72. The molecule has 1 aromatic carbocycles. The maximum Gasteiger partial charge on any atom is 0.0233 e. The number of likely N-dealkylation sites (tertiary alicyclic amines) is 1. The van der Waals surface area contributed by atoms with Gasteiger partial charge in [-0.2, -0.15) is 0 Å². The van der Waals surface area contributed by atoms with Crippen molar-refractivity contribution >= 4 is 0 Å². The van der Waals surface area contributed by atoms with Gasteiger partial charge in [0.15, 0.2) is 0 Å². The second-order valence-electron chi connectivity index (χ2n) is 3.39. The standard InChI is InChI=1S/C11H14N/c1-2-6-11(7-3-1)10-12-8-4-5-9-12/h1-2,6-7H,4-5,8-10H2. The maximum absolute atomic E-state index is 3.11. The van der Waals surface area contributed by atoms with Crippen LogP contribution in [0.15, 0.2) is 24.3 Å². The molecule has 1 heterocycles. The van der Waals surface area contributed by atoms with E-state index in [2.05, 4.69) is 29.2 Å². The van der Waals surface area contributed by atoms with Gasteiger partial charge in [0.05, 0.1) is 0 Å². The molecule has 0 amide bonds. The van der Waals surface area contributed by atoms with Crippen molar-refractivity contribution in [3.05, 3.63) is 35.9 Å². The average Bonchev–Trinajstić information content (AvgIpc) is 2.59. The van der Waals surface area contributed by atoms with E-state index >= 15 is 0 Å². The van der Waals surface area contributed by atoms with E-state index in [0.29, 0.717) is 0 Å². The molecule has 1 radical (unpaired) electrons. The van der Waals surface area contributed by atoms with Crippen LogP contribution in [0.25, 0.3) is 0 Å². The minimum absolute atomic E-state index is 1.11. The largest absolute Gasteiger partial charge is 0.299 e. The van der Waals surface area contributed by atoms with E-state index < -0.39 is 0 Å². The molecule has 0 N–H and O–H groups in total. The van der Waals surface area contributed by atoms with Crippen LogP contribution < -0.4 is 0 Å². The van der Waals surface area contributed by atoms with E-state index in [1.165, 1.54) is 31.5 Å². The second-order valence-corrected chi connectivity index (χ2v) is 3.39. The van der Waals surface area contributed by atoms with E-state index in [9.17, 15) is 0 Å². The van der Waals surface area contributed by atoms with Crippen molar-refractivity contribution in [2.24, 2.45) is 0 Å². The monoisotopic (exact) mass is 160 g/mol. The highest BCUT2D eigenvalue weighted by molar-refractivity contribution is 5.13. The number of nitrogens with zero attached hydrogens (tertiary/aromatic N) is 1. The van der Waals surface area contributed by atoms with Crippen LogP contribution in [0.5, 0.6) is 0 Å². The van der Waals surface area contributed by atoms with Gasteiger partial charge in [0.1, 0.15) is 0 Å². The van der Waals surface area contributed by atoms with E-state index in [0.717, 1.165) is 6.54 Å². The third-order valence-electron chi connectivity index (χ3n) is 2.38. The molecule has 0 saturated carbocycles. The van der Waals surface area contributed by atoms with Gasteiger partial charge >= 0.3 is 0 Å². The lowest BCUT2D eigenvalue weighted by molar-refractivity contribution is 0.331. The highest BCUT2D eigenvalue weighted by Crippen LogP contribution is 2.11. The molecule has 63 valence electrons. The summed E-state index contributed by atoms with van der Waals surface area (Å²) >= 11 is 0. The van der Waals surface area contributed by atoms with Crippen LogP contribution in [0.4, 0.5) is 0 Å². The Balaban J connectivity index is 1.94. The predicted octanol–water partition coefficient (Wildman–Crippen LogP) is 2.08. The number of hydrogen-bond acceptors (Lipinski definition) is 1. The van der Waals surface area contributed by atoms with Gasteiger partial charge in [-0.1, -0.05) is 18.2 Å². The Bertz CT molecular complexity index is 224. The number of rotatable bonds is 2. The maximum atomic E-state index is 3.11. The minimum Gasteiger partial charge on any atom is -0.299 e. The lowest BCUT2D eigenvalue weighted by atomic mass is 10.2. The fourth-order valence-corrected chi connectivity index (χ4v) is 1.73.